The summed E-state index contributed by atoms with van der Waals surface area (Å²) < 4.78 is 4.67. The van der Waals surface area contributed by atoms with Crippen molar-refractivity contribution in [2.24, 2.45) is 0 Å². The number of carbonyl (C=O) groups excluding carboxylic acids is 1. The third kappa shape index (κ3) is 2.82. The van der Waals surface area contributed by atoms with Crippen LogP contribution in [0.1, 0.15) is 21.6 Å². The van der Waals surface area contributed by atoms with Crippen LogP contribution >= 0.6 is 0 Å². The summed E-state index contributed by atoms with van der Waals surface area (Å²) in [5, 5.41) is 7.76. The molecule has 0 aliphatic rings. The molecular formula is C13H13N3O2. The third-order valence-corrected chi connectivity index (χ3v) is 2.47. The molecule has 1 aromatic heterocycles. The topological polar surface area (TPSA) is 78.1 Å². The first-order chi connectivity index (χ1) is 8.69. The van der Waals surface area contributed by atoms with Crippen molar-refractivity contribution in [2.45, 2.75) is 6.42 Å². The first-order valence-corrected chi connectivity index (χ1v) is 5.44. The van der Waals surface area contributed by atoms with Gasteiger partial charge in [-0.1, -0.05) is 12.1 Å². The number of ether oxygens (including phenoxy) is 1. The SMILES string of the molecule is COC(=O)c1cccc(Cc2ccc(N)nn2)c1. The van der Waals surface area contributed by atoms with Crippen LogP contribution in [0.3, 0.4) is 0 Å². The summed E-state index contributed by atoms with van der Waals surface area (Å²) in [6, 6.07) is 10.7. The highest BCUT2D eigenvalue weighted by Gasteiger charge is 2.06. The number of hydrogen-bond donors (Lipinski definition) is 1. The second-order valence-corrected chi connectivity index (χ2v) is 3.82. The summed E-state index contributed by atoms with van der Waals surface area (Å²) in [4.78, 5) is 11.4. The fourth-order valence-corrected chi connectivity index (χ4v) is 1.60. The van der Waals surface area contributed by atoms with Crippen molar-refractivity contribution >= 4 is 11.8 Å². The predicted molar refractivity (Wildman–Crippen MR) is 67.0 cm³/mol. The first kappa shape index (κ1) is 12.0. The van der Waals surface area contributed by atoms with E-state index in [0.717, 1.165) is 11.3 Å². The molecule has 5 heteroatoms. The van der Waals surface area contributed by atoms with Crippen LogP contribution in [0, 0.1) is 0 Å². The second-order valence-electron chi connectivity index (χ2n) is 3.82. The molecule has 1 aromatic carbocycles. The van der Waals surface area contributed by atoms with Crippen LogP contribution in [-0.4, -0.2) is 23.3 Å². The van der Waals surface area contributed by atoms with Crippen molar-refractivity contribution in [1.29, 1.82) is 0 Å². The predicted octanol–water partition coefficient (Wildman–Crippen LogP) is 1.44. The lowest BCUT2D eigenvalue weighted by molar-refractivity contribution is 0.0600. The summed E-state index contributed by atoms with van der Waals surface area (Å²) in [5.41, 5.74) is 7.76. The molecule has 0 fully saturated rings. The molecule has 0 bridgehead atoms. The molecule has 92 valence electrons. The number of aromatic nitrogens is 2. The first-order valence-electron chi connectivity index (χ1n) is 5.44. The van der Waals surface area contributed by atoms with E-state index in [1.807, 2.05) is 18.2 Å². The number of methoxy groups -OCH3 is 1. The van der Waals surface area contributed by atoms with E-state index in [1.165, 1.54) is 7.11 Å². The van der Waals surface area contributed by atoms with Gasteiger partial charge in [-0.05, 0) is 29.8 Å². The number of benzene rings is 1. The molecule has 2 aromatic rings. The zero-order valence-electron chi connectivity index (χ0n) is 9.96. The number of esters is 1. The molecule has 0 aliphatic heterocycles. The van der Waals surface area contributed by atoms with Gasteiger partial charge < -0.3 is 10.5 Å². The zero-order valence-corrected chi connectivity index (χ0v) is 9.96. The Morgan fingerprint density at radius 3 is 2.78 bits per heavy atom. The lowest BCUT2D eigenvalue weighted by Gasteiger charge is -2.03. The standard InChI is InChI=1S/C13H13N3O2/c1-18-13(17)10-4-2-3-9(7-10)8-11-5-6-12(14)16-15-11/h2-7H,8H2,1H3,(H2,14,16). The number of hydrogen-bond acceptors (Lipinski definition) is 5. The Bertz CT molecular complexity index is 552. The highest BCUT2D eigenvalue weighted by Crippen LogP contribution is 2.11. The largest absolute Gasteiger partial charge is 0.465 e. The molecular weight excluding hydrogens is 230 g/mol. The number of nitrogen functional groups attached to an aromatic ring is 1. The van der Waals surface area contributed by atoms with Gasteiger partial charge in [0.05, 0.1) is 18.4 Å². The van der Waals surface area contributed by atoms with Gasteiger partial charge in [0.25, 0.3) is 0 Å². The van der Waals surface area contributed by atoms with E-state index < -0.39 is 0 Å². The van der Waals surface area contributed by atoms with E-state index in [-0.39, 0.29) is 5.97 Å². The molecule has 0 radical (unpaired) electrons. The monoisotopic (exact) mass is 243 g/mol. The minimum Gasteiger partial charge on any atom is -0.465 e. The highest BCUT2D eigenvalue weighted by molar-refractivity contribution is 5.89. The number of carbonyl (C=O) groups is 1. The molecule has 0 saturated carbocycles. The lowest BCUT2D eigenvalue weighted by atomic mass is 10.1. The van der Waals surface area contributed by atoms with Crippen molar-refractivity contribution in [3.8, 4) is 0 Å². The molecule has 0 unspecified atom stereocenters. The summed E-state index contributed by atoms with van der Waals surface area (Å²) in [5.74, 6) is 0.0438. The maximum Gasteiger partial charge on any atom is 0.337 e. The van der Waals surface area contributed by atoms with Crippen LogP contribution in [0.5, 0.6) is 0 Å². The summed E-state index contributed by atoms with van der Waals surface area (Å²) in [6.07, 6.45) is 0.595. The van der Waals surface area contributed by atoms with Gasteiger partial charge in [-0.15, -0.1) is 5.10 Å². The summed E-state index contributed by atoms with van der Waals surface area (Å²) in [7, 11) is 1.36. The van der Waals surface area contributed by atoms with E-state index in [4.69, 9.17) is 5.73 Å². The number of nitrogens with zero attached hydrogens (tertiary/aromatic N) is 2. The van der Waals surface area contributed by atoms with Gasteiger partial charge in [-0.3, -0.25) is 0 Å². The van der Waals surface area contributed by atoms with Crippen molar-refractivity contribution in [2.75, 3.05) is 12.8 Å². The van der Waals surface area contributed by atoms with Gasteiger partial charge >= 0.3 is 5.97 Å². The van der Waals surface area contributed by atoms with Gasteiger partial charge in [0, 0.05) is 6.42 Å². The Morgan fingerprint density at radius 1 is 1.28 bits per heavy atom. The number of anilines is 1. The molecule has 0 atom stereocenters. The van der Waals surface area contributed by atoms with E-state index >= 15 is 0 Å². The van der Waals surface area contributed by atoms with Crippen LogP contribution in [0.25, 0.3) is 0 Å². The number of rotatable bonds is 3. The van der Waals surface area contributed by atoms with Crippen LogP contribution in [0.15, 0.2) is 36.4 Å². The van der Waals surface area contributed by atoms with Crippen molar-refractivity contribution in [1.82, 2.24) is 10.2 Å². The van der Waals surface area contributed by atoms with E-state index in [1.54, 1.807) is 18.2 Å². The van der Waals surface area contributed by atoms with Crippen LogP contribution in [0.2, 0.25) is 0 Å². The smallest absolute Gasteiger partial charge is 0.337 e. The average molecular weight is 243 g/mol. The highest BCUT2D eigenvalue weighted by atomic mass is 16.5. The Labute approximate surface area is 105 Å². The van der Waals surface area contributed by atoms with Crippen LogP contribution < -0.4 is 5.73 Å². The fourth-order valence-electron chi connectivity index (χ4n) is 1.60. The van der Waals surface area contributed by atoms with Crippen LogP contribution in [-0.2, 0) is 11.2 Å². The second kappa shape index (κ2) is 5.27. The van der Waals surface area contributed by atoms with E-state index in [9.17, 15) is 4.79 Å². The quantitative estimate of drug-likeness (QED) is 0.825. The molecule has 0 amide bonds. The molecule has 0 aliphatic carbocycles. The molecule has 2 N–H and O–H groups in total. The minimum atomic E-state index is -0.347. The van der Waals surface area contributed by atoms with Crippen molar-refractivity contribution in [3.63, 3.8) is 0 Å². The summed E-state index contributed by atoms with van der Waals surface area (Å²) >= 11 is 0. The normalized spacial score (nSPS) is 10.1. The van der Waals surface area contributed by atoms with Gasteiger partial charge in [0.15, 0.2) is 0 Å². The Morgan fingerprint density at radius 2 is 2.11 bits per heavy atom. The Balaban J connectivity index is 2.19. The van der Waals surface area contributed by atoms with Gasteiger partial charge in [-0.2, -0.15) is 5.10 Å². The molecule has 18 heavy (non-hydrogen) atoms. The van der Waals surface area contributed by atoms with Crippen molar-refractivity contribution in [3.05, 3.63) is 53.2 Å². The van der Waals surface area contributed by atoms with Crippen molar-refractivity contribution < 1.29 is 9.53 Å². The molecule has 2 rings (SSSR count). The number of nitrogens with two attached hydrogens (primary N) is 1. The molecule has 0 spiro atoms. The Hall–Kier alpha value is -2.43. The Kier molecular flexibility index (Phi) is 3.52. The van der Waals surface area contributed by atoms with Crippen LogP contribution in [0.4, 0.5) is 5.82 Å². The third-order valence-electron chi connectivity index (χ3n) is 2.47. The lowest BCUT2D eigenvalue weighted by Crippen LogP contribution is -2.02. The van der Waals surface area contributed by atoms with Gasteiger partial charge in [-0.25, -0.2) is 4.79 Å². The maximum atomic E-state index is 11.4. The van der Waals surface area contributed by atoms with E-state index in [2.05, 4.69) is 14.9 Å². The average Bonchev–Trinajstić information content (AvgIpc) is 2.41. The molecule has 0 saturated heterocycles. The zero-order chi connectivity index (χ0) is 13.0. The molecule has 1 heterocycles. The van der Waals surface area contributed by atoms with Gasteiger partial charge in [0.2, 0.25) is 0 Å². The van der Waals surface area contributed by atoms with Gasteiger partial charge in [0.1, 0.15) is 5.82 Å². The summed E-state index contributed by atoms with van der Waals surface area (Å²) in [6.45, 7) is 0. The minimum absolute atomic E-state index is 0.347. The molecule has 5 nitrogen and oxygen atoms in total. The maximum absolute atomic E-state index is 11.4. The van der Waals surface area contributed by atoms with E-state index in [0.29, 0.717) is 17.8 Å². The fraction of sp³-hybridized carbons (Fsp3) is 0.154.